The van der Waals surface area contributed by atoms with Crippen LogP contribution in [0.15, 0.2) is 28.7 Å². The normalized spacial score (nSPS) is 20.8. The number of hydrogen-bond acceptors (Lipinski definition) is 3. The molecule has 114 valence electrons. The Bertz CT molecular complexity index is 516. The first-order chi connectivity index (χ1) is 10.0. The molecule has 2 unspecified atom stereocenters. The van der Waals surface area contributed by atoms with Gasteiger partial charge in [0.05, 0.1) is 12.1 Å². The van der Waals surface area contributed by atoms with Gasteiger partial charge < -0.3 is 5.32 Å². The van der Waals surface area contributed by atoms with E-state index in [-0.39, 0.29) is 23.8 Å². The minimum Gasteiger partial charge on any atom is -0.358 e. The Labute approximate surface area is 134 Å². The molecule has 2 atom stereocenters. The van der Waals surface area contributed by atoms with Crippen molar-refractivity contribution in [2.24, 2.45) is 0 Å². The molecule has 5 heteroatoms. The van der Waals surface area contributed by atoms with Crippen molar-refractivity contribution in [1.29, 1.82) is 0 Å². The standard InChI is InChI=1S/C16H21BrN2O2/c1-11(15(20)12-6-8-13(17)9-7-12)19-10-4-3-5-14(19)16(21)18-2/h6-9,11,14H,3-5,10H2,1-2H3,(H,18,21). The molecule has 0 bridgehead atoms. The number of piperidine rings is 1. The van der Waals surface area contributed by atoms with E-state index in [2.05, 4.69) is 21.2 Å². The van der Waals surface area contributed by atoms with E-state index < -0.39 is 0 Å². The lowest BCUT2D eigenvalue weighted by Crippen LogP contribution is -2.54. The Balaban J connectivity index is 2.16. The van der Waals surface area contributed by atoms with Crippen molar-refractivity contribution in [2.75, 3.05) is 13.6 Å². The fourth-order valence-corrected chi connectivity index (χ4v) is 3.14. The van der Waals surface area contributed by atoms with Crippen LogP contribution >= 0.6 is 15.9 Å². The zero-order valence-electron chi connectivity index (χ0n) is 12.4. The quantitative estimate of drug-likeness (QED) is 0.847. The van der Waals surface area contributed by atoms with Crippen molar-refractivity contribution in [3.8, 4) is 0 Å². The monoisotopic (exact) mass is 352 g/mol. The van der Waals surface area contributed by atoms with Crippen molar-refractivity contribution in [3.05, 3.63) is 34.3 Å². The zero-order chi connectivity index (χ0) is 15.4. The van der Waals surface area contributed by atoms with Crippen LogP contribution in [-0.2, 0) is 4.79 Å². The molecule has 1 fully saturated rings. The third-order valence-electron chi connectivity index (χ3n) is 4.10. The number of nitrogens with one attached hydrogen (secondary N) is 1. The molecule has 1 aliphatic heterocycles. The molecule has 1 aromatic rings. The van der Waals surface area contributed by atoms with Gasteiger partial charge >= 0.3 is 0 Å². The largest absolute Gasteiger partial charge is 0.358 e. The molecule has 1 heterocycles. The van der Waals surface area contributed by atoms with Crippen molar-refractivity contribution in [3.63, 3.8) is 0 Å². The summed E-state index contributed by atoms with van der Waals surface area (Å²) in [5, 5.41) is 2.71. The minimum absolute atomic E-state index is 0.00477. The van der Waals surface area contributed by atoms with Gasteiger partial charge in [-0.05, 0) is 38.4 Å². The van der Waals surface area contributed by atoms with Crippen LogP contribution in [0.2, 0.25) is 0 Å². The number of carbonyl (C=O) groups is 2. The van der Waals surface area contributed by atoms with Gasteiger partial charge in [0.2, 0.25) is 5.91 Å². The zero-order valence-corrected chi connectivity index (χ0v) is 14.0. The number of likely N-dealkylation sites (tertiary alicyclic amines) is 1. The topological polar surface area (TPSA) is 49.4 Å². The van der Waals surface area contributed by atoms with Gasteiger partial charge in [0, 0.05) is 17.1 Å². The summed E-state index contributed by atoms with van der Waals surface area (Å²) < 4.78 is 0.952. The minimum atomic E-state index is -0.284. The number of benzene rings is 1. The molecule has 21 heavy (non-hydrogen) atoms. The summed E-state index contributed by atoms with van der Waals surface area (Å²) in [5.41, 5.74) is 0.687. The maximum Gasteiger partial charge on any atom is 0.237 e. The summed E-state index contributed by atoms with van der Waals surface area (Å²) in [6.07, 6.45) is 2.89. The van der Waals surface area contributed by atoms with E-state index in [1.165, 1.54) is 0 Å². The van der Waals surface area contributed by atoms with E-state index in [9.17, 15) is 9.59 Å². The first-order valence-electron chi connectivity index (χ1n) is 7.31. The number of hydrogen-bond donors (Lipinski definition) is 1. The van der Waals surface area contributed by atoms with E-state index in [0.717, 1.165) is 30.3 Å². The van der Waals surface area contributed by atoms with E-state index >= 15 is 0 Å². The molecule has 0 aromatic heterocycles. The Kier molecular flexibility index (Phi) is 5.53. The Hall–Kier alpha value is -1.20. The van der Waals surface area contributed by atoms with Crippen LogP contribution < -0.4 is 5.32 Å². The van der Waals surface area contributed by atoms with Crippen molar-refractivity contribution in [1.82, 2.24) is 10.2 Å². The smallest absolute Gasteiger partial charge is 0.237 e. The van der Waals surface area contributed by atoms with Gasteiger partial charge in [-0.3, -0.25) is 14.5 Å². The summed E-state index contributed by atoms with van der Waals surface area (Å²) in [7, 11) is 1.65. The van der Waals surface area contributed by atoms with E-state index in [4.69, 9.17) is 0 Å². The van der Waals surface area contributed by atoms with Crippen molar-refractivity contribution in [2.45, 2.75) is 38.3 Å². The van der Waals surface area contributed by atoms with E-state index in [0.29, 0.717) is 5.56 Å². The van der Waals surface area contributed by atoms with Gasteiger partial charge in [-0.15, -0.1) is 0 Å². The Morgan fingerprint density at radius 3 is 2.57 bits per heavy atom. The van der Waals surface area contributed by atoms with E-state index in [1.54, 1.807) is 7.05 Å². The molecule has 0 saturated carbocycles. The third kappa shape index (κ3) is 3.71. The number of rotatable bonds is 4. The lowest BCUT2D eigenvalue weighted by Gasteiger charge is -2.38. The summed E-state index contributed by atoms with van der Waals surface area (Å²) >= 11 is 3.37. The molecular formula is C16H21BrN2O2. The lowest BCUT2D eigenvalue weighted by molar-refractivity contribution is -0.127. The van der Waals surface area contributed by atoms with Gasteiger partial charge in [0.1, 0.15) is 0 Å². The number of nitrogens with zero attached hydrogens (tertiary/aromatic N) is 1. The number of ketones is 1. The Morgan fingerprint density at radius 2 is 1.95 bits per heavy atom. The summed E-state index contributed by atoms with van der Waals surface area (Å²) in [4.78, 5) is 26.7. The predicted octanol–water partition coefficient (Wildman–Crippen LogP) is 2.62. The van der Waals surface area contributed by atoms with Gasteiger partial charge in [-0.2, -0.15) is 0 Å². The molecule has 0 aliphatic carbocycles. The molecule has 2 rings (SSSR count). The second-order valence-electron chi connectivity index (χ2n) is 5.41. The van der Waals surface area contributed by atoms with Crippen LogP contribution in [0.1, 0.15) is 36.5 Å². The van der Waals surface area contributed by atoms with Gasteiger partial charge in [0.25, 0.3) is 0 Å². The predicted molar refractivity (Wildman–Crippen MR) is 86.3 cm³/mol. The van der Waals surface area contributed by atoms with Gasteiger partial charge in [0.15, 0.2) is 5.78 Å². The number of halogens is 1. The summed E-state index contributed by atoms with van der Waals surface area (Å²) in [6, 6.07) is 6.90. The van der Waals surface area contributed by atoms with E-state index in [1.807, 2.05) is 36.1 Å². The first-order valence-corrected chi connectivity index (χ1v) is 8.11. The SMILES string of the molecule is CNC(=O)C1CCCCN1C(C)C(=O)c1ccc(Br)cc1. The van der Waals surface area contributed by atoms with Crippen LogP contribution in [0.3, 0.4) is 0 Å². The molecule has 1 aromatic carbocycles. The maximum atomic E-state index is 12.6. The van der Waals surface area contributed by atoms with Crippen molar-refractivity contribution < 1.29 is 9.59 Å². The van der Waals surface area contributed by atoms with Crippen molar-refractivity contribution >= 4 is 27.6 Å². The highest BCUT2D eigenvalue weighted by Gasteiger charge is 2.34. The highest BCUT2D eigenvalue weighted by Crippen LogP contribution is 2.22. The molecule has 0 spiro atoms. The number of Topliss-reactive ketones (excluding diaryl/α,β-unsaturated/α-hetero) is 1. The molecule has 4 nitrogen and oxygen atoms in total. The second kappa shape index (κ2) is 7.18. The fourth-order valence-electron chi connectivity index (χ4n) is 2.87. The highest BCUT2D eigenvalue weighted by molar-refractivity contribution is 9.10. The fraction of sp³-hybridized carbons (Fsp3) is 0.500. The lowest BCUT2D eigenvalue weighted by atomic mass is 9.96. The summed E-state index contributed by atoms with van der Waals surface area (Å²) in [5.74, 6) is 0.0726. The average molecular weight is 353 g/mol. The molecule has 1 N–H and O–H groups in total. The third-order valence-corrected chi connectivity index (χ3v) is 4.63. The molecular weight excluding hydrogens is 332 g/mol. The van der Waals surface area contributed by atoms with Crippen LogP contribution in [0.25, 0.3) is 0 Å². The Morgan fingerprint density at radius 1 is 1.29 bits per heavy atom. The molecule has 0 radical (unpaired) electrons. The summed E-state index contributed by atoms with van der Waals surface area (Å²) in [6.45, 7) is 2.69. The van der Waals surface area contributed by atoms with Crippen LogP contribution in [-0.4, -0.2) is 42.3 Å². The molecule has 1 saturated heterocycles. The average Bonchev–Trinajstić information content (AvgIpc) is 2.53. The molecule has 1 aliphatic rings. The number of amides is 1. The first kappa shape index (κ1) is 16.2. The van der Waals surface area contributed by atoms with Gasteiger partial charge in [-0.25, -0.2) is 0 Å². The number of likely N-dealkylation sites (N-methyl/N-ethyl adjacent to an activating group) is 1. The maximum absolute atomic E-state index is 12.6. The highest BCUT2D eigenvalue weighted by atomic mass is 79.9. The second-order valence-corrected chi connectivity index (χ2v) is 6.33. The molecule has 1 amide bonds. The number of carbonyl (C=O) groups excluding carboxylic acids is 2. The van der Waals surface area contributed by atoms with Crippen LogP contribution in [0, 0.1) is 0 Å². The van der Waals surface area contributed by atoms with Crippen LogP contribution in [0.4, 0.5) is 0 Å². The van der Waals surface area contributed by atoms with Crippen LogP contribution in [0.5, 0.6) is 0 Å². The van der Waals surface area contributed by atoms with Gasteiger partial charge in [-0.1, -0.05) is 34.5 Å².